The van der Waals surface area contributed by atoms with Gasteiger partial charge < -0.3 is 23.7 Å². The molecule has 5 unspecified atom stereocenters. The molecule has 1 fully saturated rings. The number of hydrogen-bond acceptors (Lipinski definition) is 6. The lowest BCUT2D eigenvalue weighted by Crippen LogP contribution is -2.51. The van der Waals surface area contributed by atoms with E-state index in [-0.39, 0.29) is 41.4 Å². The third-order valence-corrected chi connectivity index (χ3v) is 6.65. The maximum Gasteiger partial charge on any atom is 0.220 e. The Hall–Kier alpha value is -1.76. The van der Waals surface area contributed by atoms with Crippen LogP contribution in [0.2, 0.25) is 0 Å². The molecule has 6 nitrogen and oxygen atoms in total. The van der Waals surface area contributed by atoms with Crippen molar-refractivity contribution in [3.63, 3.8) is 0 Å². The summed E-state index contributed by atoms with van der Waals surface area (Å²) in [5.41, 5.74) is 1.83. The summed E-state index contributed by atoms with van der Waals surface area (Å²) in [4.78, 5) is 24.7. The number of ether oxygens (including phenoxy) is 4. The minimum Gasteiger partial charge on any atom is -0.493 e. The molecular formula is C23H32O6. The van der Waals surface area contributed by atoms with E-state index in [1.165, 1.54) is 7.11 Å². The van der Waals surface area contributed by atoms with Crippen molar-refractivity contribution >= 4 is 5.78 Å². The Morgan fingerprint density at radius 2 is 1.72 bits per heavy atom. The lowest BCUT2D eigenvalue weighted by molar-refractivity contribution is -0.150. The SMILES string of the molecule is COc1ccc2c(cc1=O)[C@@H](CC(C)=O)CCC1CC(OC)C(OC)C(OC)C21. The predicted octanol–water partition coefficient (Wildman–Crippen LogP) is 3.06. The van der Waals surface area contributed by atoms with Crippen LogP contribution in [0.25, 0.3) is 0 Å². The molecule has 29 heavy (non-hydrogen) atoms. The number of rotatable bonds is 6. The summed E-state index contributed by atoms with van der Waals surface area (Å²) < 4.78 is 22.8. The van der Waals surface area contributed by atoms with E-state index in [4.69, 9.17) is 18.9 Å². The summed E-state index contributed by atoms with van der Waals surface area (Å²) in [6.07, 6.45) is 2.61. The van der Waals surface area contributed by atoms with Crippen LogP contribution in [0.15, 0.2) is 23.0 Å². The molecule has 1 saturated carbocycles. The van der Waals surface area contributed by atoms with Gasteiger partial charge >= 0.3 is 0 Å². The Bertz CT molecular complexity index is 791. The van der Waals surface area contributed by atoms with Crippen LogP contribution in [0.5, 0.6) is 5.75 Å². The van der Waals surface area contributed by atoms with Crippen molar-refractivity contribution < 1.29 is 23.7 Å². The number of Topliss-reactive ketones (excluding diaryl/α,β-unsaturated/α-hetero) is 1. The highest BCUT2D eigenvalue weighted by Gasteiger charge is 2.48. The summed E-state index contributed by atoms with van der Waals surface area (Å²) in [6, 6.07) is 5.39. The molecule has 2 aliphatic rings. The van der Waals surface area contributed by atoms with Crippen molar-refractivity contribution in [1.29, 1.82) is 0 Å². The highest BCUT2D eigenvalue weighted by atomic mass is 16.6. The Morgan fingerprint density at radius 3 is 2.31 bits per heavy atom. The van der Waals surface area contributed by atoms with Gasteiger partial charge in [0.05, 0.1) is 19.3 Å². The molecule has 0 bridgehead atoms. The fourth-order valence-corrected chi connectivity index (χ4v) is 5.38. The van der Waals surface area contributed by atoms with Crippen LogP contribution in [0.3, 0.4) is 0 Å². The first-order chi connectivity index (χ1) is 13.9. The molecule has 0 aromatic heterocycles. The van der Waals surface area contributed by atoms with Crippen molar-refractivity contribution in [2.75, 3.05) is 28.4 Å². The molecule has 2 aliphatic carbocycles. The summed E-state index contributed by atoms with van der Waals surface area (Å²) in [5.74, 6) is 0.816. The number of methoxy groups -OCH3 is 4. The first-order valence-corrected chi connectivity index (χ1v) is 10.2. The van der Waals surface area contributed by atoms with Gasteiger partial charge in [-0.25, -0.2) is 0 Å². The zero-order chi connectivity index (χ0) is 21.1. The first-order valence-electron chi connectivity index (χ1n) is 10.2. The van der Waals surface area contributed by atoms with Crippen LogP contribution in [0.4, 0.5) is 0 Å². The number of hydrogen-bond donors (Lipinski definition) is 0. The molecule has 0 spiro atoms. The quantitative estimate of drug-likeness (QED) is 0.726. The highest BCUT2D eigenvalue weighted by Crippen LogP contribution is 2.49. The van der Waals surface area contributed by atoms with Crippen LogP contribution in [-0.2, 0) is 19.0 Å². The van der Waals surface area contributed by atoms with E-state index in [1.807, 2.05) is 6.07 Å². The van der Waals surface area contributed by atoms with Gasteiger partial charge in [0, 0.05) is 33.7 Å². The monoisotopic (exact) mass is 404 g/mol. The summed E-state index contributed by atoms with van der Waals surface area (Å²) in [6.45, 7) is 1.61. The molecular weight excluding hydrogens is 372 g/mol. The van der Waals surface area contributed by atoms with E-state index < -0.39 is 0 Å². The number of ketones is 1. The summed E-state index contributed by atoms with van der Waals surface area (Å²) in [7, 11) is 6.59. The van der Waals surface area contributed by atoms with Crippen LogP contribution in [0, 0.1) is 5.92 Å². The fourth-order valence-electron chi connectivity index (χ4n) is 5.38. The Kier molecular flexibility index (Phi) is 7.09. The van der Waals surface area contributed by atoms with Gasteiger partial charge in [0.1, 0.15) is 11.9 Å². The van der Waals surface area contributed by atoms with Crippen molar-refractivity contribution in [1.82, 2.24) is 0 Å². The smallest absolute Gasteiger partial charge is 0.220 e. The largest absolute Gasteiger partial charge is 0.493 e. The standard InChI is InChI=1S/C23H32O6/c1-13(24)10-14-6-7-15-11-20(27-3)22(28-4)23(29-5)21(15)16-8-9-19(26-2)18(25)12-17(14)16/h8-9,12,14-15,20-23H,6-7,10-11H2,1-5H3/t14-,15?,20?,21?,22?,23?/m1/s1. The molecule has 6 heteroatoms. The molecule has 0 radical (unpaired) electrons. The maximum absolute atomic E-state index is 12.7. The second-order valence-electron chi connectivity index (χ2n) is 8.20. The van der Waals surface area contributed by atoms with Crippen LogP contribution in [-0.4, -0.2) is 52.5 Å². The van der Waals surface area contributed by atoms with Gasteiger partial charge in [0.25, 0.3) is 0 Å². The van der Waals surface area contributed by atoms with Crippen molar-refractivity contribution in [2.45, 2.75) is 62.8 Å². The first kappa shape index (κ1) is 21.9. The Morgan fingerprint density at radius 1 is 1.00 bits per heavy atom. The molecule has 0 amide bonds. The van der Waals surface area contributed by atoms with E-state index in [2.05, 4.69) is 0 Å². The Balaban J connectivity index is 2.20. The topological polar surface area (TPSA) is 71.1 Å². The second-order valence-corrected chi connectivity index (χ2v) is 8.20. The van der Waals surface area contributed by atoms with Gasteiger partial charge in [-0.2, -0.15) is 0 Å². The molecule has 1 aromatic rings. The van der Waals surface area contributed by atoms with Crippen LogP contribution in [0.1, 0.15) is 55.6 Å². The fraction of sp³-hybridized carbons (Fsp3) is 0.652. The Labute approximate surface area is 172 Å². The minimum atomic E-state index is -0.206. The van der Waals surface area contributed by atoms with E-state index in [0.717, 1.165) is 30.4 Å². The minimum absolute atomic E-state index is 0.0115. The predicted molar refractivity (Wildman–Crippen MR) is 110 cm³/mol. The van der Waals surface area contributed by atoms with E-state index >= 15 is 0 Å². The zero-order valence-electron chi connectivity index (χ0n) is 18.0. The molecule has 3 rings (SSSR count). The van der Waals surface area contributed by atoms with Gasteiger partial charge in [-0.1, -0.05) is 6.07 Å². The van der Waals surface area contributed by atoms with E-state index in [9.17, 15) is 9.59 Å². The van der Waals surface area contributed by atoms with Gasteiger partial charge in [-0.15, -0.1) is 0 Å². The van der Waals surface area contributed by atoms with Gasteiger partial charge in [0.15, 0.2) is 5.75 Å². The lowest BCUT2D eigenvalue weighted by Gasteiger charge is -2.45. The van der Waals surface area contributed by atoms with Crippen LogP contribution < -0.4 is 10.2 Å². The second kappa shape index (κ2) is 9.37. The van der Waals surface area contributed by atoms with Gasteiger partial charge in [0.2, 0.25) is 5.43 Å². The molecule has 0 N–H and O–H groups in total. The van der Waals surface area contributed by atoms with Crippen LogP contribution >= 0.6 is 0 Å². The van der Waals surface area contributed by atoms with Gasteiger partial charge in [-0.05, 0) is 61.3 Å². The van der Waals surface area contributed by atoms with E-state index in [0.29, 0.717) is 18.1 Å². The summed E-state index contributed by atoms with van der Waals surface area (Å²) >= 11 is 0. The zero-order valence-corrected chi connectivity index (χ0v) is 18.0. The molecule has 6 atom stereocenters. The van der Waals surface area contributed by atoms with Crippen molar-refractivity contribution in [3.8, 4) is 5.75 Å². The normalized spacial score (nSPS) is 31.3. The summed E-state index contributed by atoms with van der Waals surface area (Å²) in [5, 5.41) is 0. The van der Waals surface area contributed by atoms with Crippen molar-refractivity contribution in [3.05, 3.63) is 39.5 Å². The average molecular weight is 405 g/mol. The number of carbonyl (C=O) groups excluding carboxylic acids is 1. The third-order valence-electron chi connectivity index (χ3n) is 6.65. The molecule has 0 heterocycles. The molecule has 1 aromatic carbocycles. The number of carbonyl (C=O) groups is 1. The van der Waals surface area contributed by atoms with Gasteiger partial charge in [-0.3, -0.25) is 4.79 Å². The molecule has 0 aliphatic heterocycles. The molecule has 0 saturated heterocycles. The average Bonchev–Trinajstić information content (AvgIpc) is 2.95. The van der Waals surface area contributed by atoms with Crippen molar-refractivity contribution in [2.24, 2.45) is 5.92 Å². The van der Waals surface area contributed by atoms with E-state index in [1.54, 1.807) is 40.4 Å². The molecule has 160 valence electrons. The maximum atomic E-state index is 12.7. The number of fused-ring (bicyclic) bond motifs is 3. The lowest BCUT2D eigenvalue weighted by atomic mass is 9.70. The highest BCUT2D eigenvalue weighted by molar-refractivity contribution is 5.76. The third kappa shape index (κ3) is 4.25.